The lowest BCUT2D eigenvalue weighted by molar-refractivity contribution is -0.373. The molecule has 86 valence electrons. The zero-order valence-corrected chi connectivity index (χ0v) is 7.56. The zero-order chi connectivity index (χ0) is 11.2. The monoisotopic (exact) mass is 222 g/mol. The predicted octanol–water partition coefficient (Wildman–Crippen LogP) is 1.41. The van der Waals surface area contributed by atoms with Gasteiger partial charge in [-0.15, -0.1) is 0 Å². The maximum atomic E-state index is 12.5. The van der Waals surface area contributed by atoms with E-state index in [2.05, 4.69) is 19.2 Å². The molecule has 0 aliphatic rings. The number of halogens is 4. The van der Waals surface area contributed by atoms with Gasteiger partial charge in [-0.2, -0.15) is 17.6 Å². The van der Waals surface area contributed by atoms with E-state index in [0.717, 1.165) is 7.11 Å². The van der Waals surface area contributed by atoms with Crippen LogP contribution in [0.4, 0.5) is 17.6 Å². The van der Waals surface area contributed by atoms with Crippen LogP contribution in [0, 0.1) is 0 Å². The summed E-state index contributed by atoms with van der Waals surface area (Å²) in [5.74, 6) is 0. The quantitative estimate of drug-likeness (QED) is 0.371. The van der Waals surface area contributed by atoms with Gasteiger partial charge in [0.05, 0.1) is 7.11 Å². The molecule has 0 fully saturated rings. The van der Waals surface area contributed by atoms with Crippen LogP contribution in [0.1, 0.15) is 0 Å². The van der Waals surface area contributed by atoms with Crippen LogP contribution >= 0.6 is 0 Å². The molecule has 0 unspecified atom stereocenters. The fraction of sp³-hybridized carbons (Fsp3) is 1.00. The van der Waals surface area contributed by atoms with Gasteiger partial charge in [-0.25, -0.2) is 9.78 Å². The van der Waals surface area contributed by atoms with Gasteiger partial charge in [-0.1, -0.05) is 0 Å². The van der Waals surface area contributed by atoms with Gasteiger partial charge in [0.2, 0.25) is 0 Å². The maximum absolute atomic E-state index is 12.5. The molecule has 0 aliphatic heterocycles. The van der Waals surface area contributed by atoms with Crippen LogP contribution in [0.15, 0.2) is 0 Å². The van der Waals surface area contributed by atoms with Gasteiger partial charge in [0, 0.05) is 7.11 Å². The lowest BCUT2D eigenvalue weighted by Gasteiger charge is -2.19. The second-order valence-corrected chi connectivity index (χ2v) is 2.20. The van der Waals surface area contributed by atoms with Crippen LogP contribution in [0.5, 0.6) is 0 Å². The molecule has 8 heteroatoms. The normalized spacial score (nSPS) is 13.3. The molecule has 0 atom stereocenters. The fourth-order valence-electron chi connectivity index (χ4n) is 0.418. The summed E-state index contributed by atoms with van der Waals surface area (Å²) < 4.78 is 56.6. The number of ether oxygens (including phenoxy) is 2. The molecule has 0 rings (SSSR count). The average Bonchev–Trinajstić information content (AvgIpc) is 2.12. The molecule has 0 spiro atoms. The van der Waals surface area contributed by atoms with Crippen molar-refractivity contribution in [3.8, 4) is 0 Å². The highest BCUT2D eigenvalue weighted by Gasteiger charge is 2.38. The van der Waals surface area contributed by atoms with Crippen LogP contribution in [0.2, 0.25) is 0 Å². The molecule has 4 nitrogen and oxygen atoms in total. The van der Waals surface area contributed by atoms with E-state index in [-0.39, 0.29) is 0 Å². The Morgan fingerprint density at radius 1 is 0.929 bits per heavy atom. The SMILES string of the molecule is COOCC(F)(F)OCC(F)(F)OC. The molecule has 0 aliphatic carbocycles. The van der Waals surface area contributed by atoms with E-state index in [1.165, 1.54) is 0 Å². The second-order valence-electron chi connectivity index (χ2n) is 2.20. The van der Waals surface area contributed by atoms with Crippen molar-refractivity contribution in [3.05, 3.63) is 0 Å². The van der Waals surface area contributed by atoms with Crippen LogP contribution in [0.3, 0.4) is 0 Å². The van der Waals surface area contributed by atoms with E-state index in [9.17, 15) is 17.6 Å². The summed E-state index contributed by atoms with van der Waals surface area (Å²) in [6.45, 7) is -2.84. The molecule has 0 N–H and O–H groups in total. The lowest BCUT2D eigenvalue weighted by Crippen LogP contribution is -2.35. The van der Waals surface area contributed by atoms with Gasteiger partial charge < -0.3 is 9.47 Å². The topological polar surface area (TPSA) is 36.9 Å². The summed E-state index contributed by atoms with van der Waals surface area (Å²) >= 11 is 0. The van der Waals surface area contributed by atoms with Gasteiger partial charge in [0.25, 0.3) is 0 Å². The van der Waals surface area contributed by atoms with Crippen molar-refractivity contribution in [2.45, 2.75) is 12.2 Å². The number of methoxy groups -OCH3 is 1. The molecule has 0 aromatic rings. The molecular formula is C6H10F4O4. The summed E-state index contributed by atoms with van der Waals surface area (Å²) in [4.78, 5) is 7.69. The van der Waals surface area contributed by atoms with E-state index in [1.54, 1.807) is 0 Å². The van der Waals surface area contributed by atoms with Gasteiger partial charge in [-0.05, 0) is 0 Å². The van der Waals surface area contributed by atoms with Gasteiger partial charge in [0.1, 0.15) is 6.61 Å². The second kappa shape index (κ2) is 5.44. The predicted molar refractivity (Wildman–Crippen MR) is 35.8 cm³/mol. The summed E-state index contributed by atoms with van der Waals surface area (Å²) in [6.07, 6.45) is -7.60. The highest BCUT2D eigenvalue weighted by Crippen LogP contribution is 2.21. The van der Waals surface area contributed by atoms with E-state index in [4.69, 9.17) is 0 Å². The van der Waals surface area contributed by atoms with Crippen molar-refractivity contribution >= 4 is 0 Å². The molecule has 0 radical (unpaired) electrons. The van der Waals surface area contributed by atoms with Crippen LogP contribution in [-0.2, 0) is 19.2 Å². The van der Waals surface area contributed by atoms with Gasteiger partial charge in [0.15, 0.2) is 6.61 Å². The van der Waals surface area contributed by atoms with E-state index >= 15 is 0 Å². The molecule has 0 saturated heterocycles. The Morgan fingerprint density at radius 3 is 1.93 bits per heavy atom. The molecule has 0 amide bonds. The Balaban J connectivity index is 3.85. The molecule has 14 heavy (non-hydrogen) atoms. The minimum absolute atomic E-state index is 0.674. The maximum Gasteiger partial charge on any atom is 0.382 e. The first-order valence-electron chi connectivity index (χ1n) is 3.43. The Hall–Kier alpha value is -0.440. The number of hydrogen-bond donors (Lipinski definition) is 0. The van der Waals surface area contributed by atoms with Gasteiger partial charge in [-0.3, -0.25) is 0 Å². The Kier molecular flexibility index (Phi) is 5.27. The first-order chi connectivity index (χ1) is 6.33. The number of alkyl halides is 4. The average molecular weight is 222 g/mol. The zero-order valence-electron chi connectivity index (χ0n) is 7.56. The van der Waals surface area contributed by atoms with E-state index in [0.29, 0.717) is 7.11 Å². The van der Waals surface area contributed by atoms with Gasteiger partial charge >= 0.3 is 12.2 Å². The third-order valence-electron chi connectivity index (χ3n) is 1.09. The highest BCUT2D eigenvalue weighted by atomic mass is 19.3. The summed E-state index contributed by atoms with van der Waals surface area (Å²) in [7, 11) is 1.67. The van der Waals surface area contributed by atoms with Crippen molar-refractivity contribution in [2.75, 3.05) is 27.4 Å². The first-order valence-corrected chi connectivity index (χ1v) is 3.43. The van der Waals surface area contributed by atoms with Crippen LogP contribution in [0.25, 0.3) is 0 Å². The smallest absolute Gasteiger partial charge is 0.322 e. The number of rotatable bonds is 7. The summed E-state index contributed by atoms with van der Waals surface area (Å²) in [5.41, 5.74) is 0. The lowest BCUT2D eigenvalue weighted by atomic mass is 10.6. The van der Waals surface area contributed by atoms with Crippen molar-refractivity contribution in [2.24, 2.45) is 0 Å². The molecule has 0 saturated carbocycles. The Bertz CT molecular complexity index is 164. The molecule has 0 bridgehead atoms. The van der Waals surface area contributed by atoms with Crippen LogP contribution < -0.4 is 0 Å². The van der Waals surface area contributed by atoms with Crippen molar-refractivity contribution < 1.29 is 36.8 Å². The Morgan fingerprint density at radius 2 is 1.50 bits per heavy atom. The number of hydrogen-bond acceptors (Lipinski definition) is 4. The third kappa shape index (κ3) is 6.08. The van der Waals surface area contributed by atoms with Crippen molar-refractivity contribution in [1.29, 1.82) is 0 Å². The highest BCUT2D eigenvalue weighted by molar-refractivity contribution is 4.54. The Labute approximate surface area is 77.6 Å². The third-order valence-corrected chi connectivity index (χ3v) is 1.09. The minimum atomic E-state index is -3.85. The standard InChI is InChI=1S/C6H10F4O4/c1-11-5(7,8)3-13-6(9,10)4-14-12-2/h3-4H2,1-2H3. The summed E-state index contributed by atoms with van der Waals surface area (Å²) in [5, 5.41) is 0. The van der Waals surface area contributed by atoms with E-state index < -0.39 is 25.4 Å². The van der Waals surface area contributed by atoms with E-state index in [1.807, 2.05) is 0 Å². The molecule has 0 aromatic heterocycles. The first kappa shape index (κ1) is 13.6. The molecular weight excluding hydrogens is 212 g/mol. The molecule has 0 heterocycles. The summed E-state index contributed by atoms with van der Waals surface area (Å²) in [6, 6.07) is 0. The van der Waals surface area contributed by atoms with Crippen LogP contribution in [-0.4, -0.2) is 39.7 Å². The van der Waals surface area contributed by atoms with Crippen molar-refractivity contribution in [1.82, 2.24) is 0 Å². The van der Waals surface area contributed by atoms with Crippen molar-refractivity contribution in [3.63, 3.8) is 0 Å². The minimum Gasteiger partial charge on any atom is -0.322 e. The molecule has 0 aromatic carbocycles. The largest absolute Gasteiger partial charge is 0.382 e. The fourth-order valence-corrected chi connectivity index (χ4v) is 0.418.